The predicted molar refractivity (Wildman–Crippen MR) is 97.9 cm³/mol. The molecule has 2 aliphatic rings. The summed E-state index contributed by atoms with van der Waals surface area (Å²) in [6, 6.07) is 9.39. The van der Waals surface area contributed by atoms with Gasteiger partial charge in [0.2, 0.25) is 6.79 Å². The van der Waals surface area contributed by atoms with E-state index < -0.39 is 23.3 Å². The molecule has 1 atom stereocenters. The van der Waals surface area contributed by atoms with E-state index in [2.05, 4.69) is 21.2 Å². The molecule has 8 heteroatoms. The van der Waals surface area contributed by atoms with Gasteiger partial charge >= 0.3 is 6.03 Å². The number of halogens is 2. The van der Waals surface area contributed by atoms with Crippen LogP contribution in [0.2, 0.25) is 0 Å². The second kappa shape index (κ2) is 6.53. The van der Waals surface area contributed by atoms with Crippen LogP contribution in [0.3, 0.4) is 0 Å². The van der Waals surface area contributed by atoms with Gasteiger partial charge in [0.25, 0.3) is 5.91 Å². The summed E-state index contributed by atoms with van der Waals surface area (Å²) >= 11 is 3.19. The smallest absolute Gasteiger partial charge is 0.325 e. The highest BCUT2D eigenvalue weighted by molar-refractivity contribution is 9.10. The number of carbonyl (C=O) groups excluding carboxylic acids is 2. The molecule has 6 nitrogen and oxygen atoms in total. The van der Waals surface area contributed by atoms with Crippen molar-refractivity contribution >= 4 is 27.9 Å². The highest BCUT2D eigenvalue weighted by Crippen LogP contribution is 2.34. The van der Waals surface area contributed by atoms with Gasteiger partial charge in [-0.15, -0.1) is 0 Å². The Balaban J connectivity index is 1.54. The summed E-state index contributed by atoms with van der Waals surface area (Å²) in [6.07, 6.45) is 0.285. The van der Waals surface area contributed by atoms with Crippen molar-refractivity contribution in [2.75, 3.05) is 6.79 Å². The maximum Gasteiger partial charge on any atom is 0.325 e. The number of urea groups is 1. The molecule has 3 amide bonds. The van der Waals surface area contributed by atoms with Crippen LogP contribution in [0.25, 0.3) is 0 Å². The first kappa shape index (κ1) is 17.8. The van der Waals surface area contributed by atoms with Gasteiger partial charge in [0.1, 0.15) is 11.4 Å². The van der Waals surface area contributed by atoms with E-state index in [0.717, 1.165) is 10.5 Å². The summed E-state index contributed by atoms with van der Waals surface area (Å²) < 4.78 is 25.3. The number of rotatable bonds is 4. The van der Waals surface area contributed by atoms with Crippen molar-refractivity contribution in [3.05, 3.63) is 57.8 Å². The van der Waals surface area contributed by atoms with Crippen LogP contribution in [0.1, 0.15) is 18.1 Å². The lowest BCUT2D eigenvalue weighted by atomic mass is 9.92. The molecule has 1 unspecified atom stereocenters. The zero-order valence-electron chi connectivity index (χ0n) is 14.4. The molecule has 1 N–H and O–H groups in total. The Morgan fingerprint density at radius 2 is 1.96 bits per heavy atom. The lowest BCUT2D eigenvalue weighted by Crippen LogP contribution is -2.45. The second-order valence-corrected chi connectivity index (χ2v) is 7.67. The fourth-order valence-electron chi connectivity index (χ4n) is 3.29. The van der Waals surface area contributed by atoms with Crippen LogP contribution >= 0.6 is 15.9 Å². The largest absolute Gasteiger partial charge is 0.454 e. The monoisotopic (exact) mass is 434 g/mol. The van der Waals surface area contributed by atoms with Crippen molar-refractivity contribution in [1.29, 1.82) is 0 Å². The summed E-state index contributed by atoms with van der Waals surface area (Å²) in [5.41, 5.74) is -0.0162. The van der Waals surface area contributed by atoms with Gasteiger partial charge < -0.3 is 14.8 Å². The standard InChI is InChI=1S/C19H16BrFN2O4/c1-19(8-11-2-5-15-16(6-11)27-10-26-15)17(24)23(18(25)22-19)9-12-3-4-13(20)7-14(12)21/h2-7H,8-10H2,1H3,(H,22,25). The van der Waals surface area contributed by atoms with Crippen LogP contribution < -0.4 is 14.8 Å². The van der Waals surface area contributed by atoms with E-state index in [-0.39, 0.29) is 25.3 Å². The fourth-order valence-corrected chi connectivity index (χ4v) is 3.62. The van der Waals surface area contributed by atoms with Crippen molar-refractivity contribution < 1.29 is 23.5 Å². The summed E-state index contributed by atoms with van der Waals surface area (Å²) in [7, 11) is 0. The number of hydrogen-bond donors (Lipinski definition) is 1. The molecule has 0 aliphatic carbocycles. The molecule has 2 aromatic carbocycles. The van der Waals surface area contributed by atoms with Crippen molar-refractivity contribution in [3.63, 3.8) is 0 Å². The van der Waals surface area contributed by atoms with E-state index in [4.69, 9.17) is 9.47 Å². The average molecular weight is 435 g/mol. The highest BCUT2D eigenvalue weighted by Gasteiger charge is 2.47. The zero-order chi connectivity index (χ0) is 19.2. The zero-order valence-corrected chi connectivity index (χ0v) is 16.0. The number of amides is 3. The number of nitrogens with zero attached hydrogens (tertiary/aromatic N) is 1. The molecule has 1 saturated heterocycles. The Labute approximate surface area is 163 Å². The topological polar surface area (TPSA) is 67.9 Å². The minimum Gasteiger partial charge on any atom is -0.454 e. The van der Waals surface area contributed by atoms with Crippen LogP contribution in [0.15, 0.2) is 40.9 Å². The molecular weight excluding hydrogens is 419 g/mol. The molecule has 0 spiro atoms. The lowest BCUT2D eigenvalue weighted by molar-refractivity contribution is -0.131. The summed E-state index contributed by atoms with van der Waals surface area (Å²) in [4.78, 5) is 26.3. The Bertz CT molecular complexity index is 951. The third-order valence-corrected chi connectivity index (χ3v) is 5.18. The third kappa shape index (κ3) is 3.25. The van der Waals surface area contributed by atoms with Gasteiger partial charge in [-0.3, -0.25) is 9.69 Å². The van der Waals surface area contributed by atoms with Gasteiger partial charge in [-0.05, 0) is 36.8 Å². The molecule has 0 radical (unpaired) electrons. The first-order valence-electron chi connectivity index (χ1n) is 8.32. The number of carbonyl (C=O) groups is 2. The summed E-state index contributed by atoms with van der Waals surface area (Å²) in [5.74, 6) is 0.390. The van der Waals surface area contributed by atoms with Gasteiger partial charge in [-0.1, -0.05) is 28.1 Å². The third-order valence-electron chi connectivity index (χ3n) is 4.68. The Hall–Kier alpha value is -2.61. The number of imide groups is 1. The number of fused-ring (bicyclic) bond motifs is 1. The normalized spacial score (nSPS) is 20.9. The van der Waals surface area contributed by atoms with Gasteiger partial charge in [-0.2, -0.15) is 0 Å². The van der Waals surface area contributed by atoms with Crippen LogP contribution in [-0.2, 0) is 17.8 Å². The van der Waals surface area contributed by atoms with Gasteiger partial charge in [0.05, 0.1) is 6.54 Å². The molecule has 0 aromatic heterocycles. The summed E-state index contributed by atoms with van der Waals surface area (Å²) in [5, 5.41) is 2.73. The SMILES string of the molecule is CC1(Cc2ccc3c(c2)OCO3)NC(=O)N(Cc2ccc(Br)cc2F)C1=O. The Kier molecular flexibility index (Phi) is 4.30. The molecule has 140 valence electrons. The van der Waals surface area contributed by atoms with E-state index in [1.165, 1.54) is 6.07 Å². The number of nitrogens with one attached hydrogen (secondary N) is 1. The maximum atomic E-state index is 14.1. The number of ether oxygens (including phenoxy) is 2. The highest BCUT2D eigenvalue weighted by atomic mass is 79.9. The summed E-state index contributed by atoms with van der Waals surface area (Å²) in [6.45, 7) is 1.70. The van der Waals surface area contributed by atoms with Crippen LogP contribution in [0.4, 0.5) is 9.18 Å². The molecule has 0 saturated carbocycles. The fraction of sp³-hybridized carbons (Fsp3) is 0.263. The molecular formula is C19H16BrFN2O4. The Morgan fingerprint density at radius 1 is 1.19 bits per heavy atom. The van der Waals surface area contributed by atoms with Crippen molar-refractivity contribution in [2.24, 2.45) is 0 Å². The number of hydrogen-bond acceptors (Lipinski definition) is 4. The average Bonchev–Trinajstić information content (AvgIpc) is 3.15. The van der Waals surface area contributed by atoms with Gasteiger partial charge in [-0.25, -0.2) is 9.18 Å². The van der Waals surface area contributed by atoms with E-state index in [1.807, 2.05) is 6.07 Å². The predicted octanol–water partition coefficient (Wildman–Crippen LogP) is 3.37. The van der Waals surface area contributed by atoms with E-state index >= 15 is 0 Å². The number of benzene rings is 2. The van der Waals surface area contributed by atoms with E-state index in [1.54, 1.807) is 31.2 Å². The molecule has 1 fully saturated rings. The minimum absolute atomic E-state index is 0.124. The van der Waals surface area contributed by atoms with Gasteiger partial charge in [0, 0.05) is 16.5 Å². The first-order chi connectivity index (χ1) is 12.9. The van der Waals surface area contributed by atoms with Crippen molar-refractivity contribution in [2.45, 2.75) is 25.4 Å². The van der Waals surface area contributed by atoms with Crippen LogP contribution in [0, 0.1) is 5.82 Å². The molecule has 27 heavy (non-hydrogen) atoms. The van der Waals surface area contributed by atoms with E-state index in [0.29, 0.717) is 16.0 Å². The van der Waals surface area contributed by atoms with Crippen LogP contribution in [0.5, 0.6) is 11.5 Å². The second-order valence-electron chi connectivity index (χ2n) is 6.75. The minimum atomic E-state index is -1.11. The van der Waals surface area contributed by atoms with Crippen molar-refractivity contribution in [1.82, 2.24) is 10.2 Å². The molecule has 2 aromatic rings. The maximum absolute atomic E-state index is 14.1. The van der Waals surface area contributed by atoms with E-state index in [9.17, 15) is 14.0 Å². The first-order valence-corrected chi connectivity index (χ1v) is 9.11. The molecule has 2 aliphatic heterocycles. The van der Waals surface area contributed by atoms with Gasteiger partial charge in [0.15, 0.2) is 11.5 Å². The molecule has 4 rings (SSSR count). The lowest BCUT2D eigenvalue weighted by Gasteiger charge is -2.22. The van der Waals surface area contributed by atoms with Crippen LogP contribution in [-0.4, -0.2) is 29.2 Å². The molecule has 0 bridgehead atoms. The van der Waals surface area contributed by atoms with Crippen molar-refractivity contribution in [3.8, 4) is 11.5 Å². The Morgan fingerprint density at radius 3 is 2.74 bits per heavy atom. The molecule has 2 heterocycles. The quantitative estimate of drug-likeness (QED) is 0.749.